The maximum absolute atomic E-state index is 11.8. The van der Waals surface area contributed by atoms with E-state index in [9.17, 15) is 9.90 Å². The maximum Gasteiger partial charge on any atom is 0.248 e. The van der Waals surface area contributed by atoms with Crippen LogP contribution in [0.3, 0.4) is 0 Å². The second-order valence-corrected chi connectivity index (χ2v) is 4.69. The number of aliphatic hydroxyl groups is 1. The first-order valence-corrected chi connectivity index (χ1v) is 6.95. The molecule has 4 heteroatoms. The monoisotopic (exact) mass is 277 g/mol. The summed E-state index contributed by atoms with van der Waals surface area (Å²) in [5, 5.41) is 9.23. The minimum absolute atomic E-state index is 0.158. The molecular weight excluding hydrogens is 254 g/mol. The summed E-state index contributed by atoms with van der Waals surface area (Å²) >= 11 is 0. The lowest BCUT2D eigenvalue weighted by Crippen LogP contribution is -2.32. The fourth-order valence-corrected chi connectivity index (χ4v) is 1.83. The van der Waals surface area contributed by atoms with Crippen LogP contribution in [0.15, 0.2) is 43.0 Å². The smallest absolute Gasteiger partial charge is 0.248 e. The number of amides is 1. The largest absolute Gasteiger partial charge is 0.396 e. The van der Waals surface area contributed by atoms with E-state index in [2.05, 4.69) is 12.1 Å². The Balaban J connectivity index is 2.23. The quantitative estimate of drug-likeness (QED) is 0.392. The van der Waals surface area contributed by atoms with Crippen LogP contribution in [-0.4, -0.2) is 17.6 Å². The van der Waals surface area contributed by atoms with Gasteiger partial charge in [0.1, 0.15) is 0 Å². The SMILES string of the molecule is C=CCCCC[C@H](CO)C(=O)NOCc1ccccc1. The summed E-state index contributed by atoms with van der Waals surface area (Å²) in [6, 6.07) is 9.59. The predicted octanol–water partition coefficient (Wildman–Crippen LogP) is 2.59. The molecular formula is C16H23NO3. The number of hydroxylamine groups is 1. The van der Waals surface area contributed by atoms with E-state index < -0.39 is 5.92 Å². The Hall–Kier alpha value is -1.65. The van der Waals surface area contributed by atoms with Crippen LogP contribution in [0.5, 0.6) is 0 Å². The molecule has 1 amide bonds. The van der Waals surface area contributed by atoms with Gasteiger partial charge in [0, 0.05) is 0 Å². The van der Waals surface area contributed by atoms with Gasteiger partial charge in [0.2, 0.25) is 5.91 Å². The lowest BCUT2D eigenvalue weighted by atomic mass is 10.0. The highest BCUT2D eigenvalue weighted by atomic mass is 16.6. The van der Waals surface area contributed by atoms with Crippen molar-refractivity contribution in [2.75, 3.05) is 6.61 Å². The van der Waals surface area contributed by atoms with E-state index in [0.717, 1.165) is 24.8 Å². The zero-order valence-electron chi connectivity index (χ0n) is 11.8. The first kappa shape index (κ1) is 16.4. The fraction of sp³-hybridized carbons (Fsp3) is 0.438. The van der Waals surface area contributed by atoms with Crippen molar-refractivity contribution in [1.29, 1.82) is 0 Å². The third-order valence-electron chi connectivity index (χ3n) is 3.06. The molecule has 0 heterocycles. The van der Waals surface area contributed by atoms with Gasteiger partial charge in [-0.25, -0.2) is 5.48 Å². The van der Waals surface area contributed by atoms with E-state index >= 15 is 0 Å². The molecule has 0 saturated carbocycles. The molecule has 4 nitrogen and oxygen atoms in total. The molecule has 1 atom stereocenters. The predicted molar refractivity (Wildman–Crippen MR) is 78.6 cm³/mol. The third kappa shape index (κ3) is 6.50. The molecule has 2 N–H and O–H groups in total. The summed E-state index contributed by atoms with van der Waals surface area (Å²) in [5.41, 5.74) is 3.39. The third-order valence-corrected chi connectivity index (χ3v) is 3.06. The number of carbonyl (C=O) groups excluding carboxylic acids is 1. The van der Waals surface area contributed by atoms with Crippen LogP contribution in [0.1, 0.15) is 31.2 Å². The number of carbonyl (C=O) groups is 1. The van der Waals surface area contributed by atoms with Gasteiger partial charge in [-0.3, -0.25) is 9.63 Å². The molecule has 0 bridgehead atoms. The van der Waals surface area contributed by atoms with Crippen molar-refractivity contribution in [3.8, 4) is 0 Å². The zero-order chi connectivity index (χ0) is 14.6. The van der Waals surface area contributed by atoms with Crippen molar-refractivity contribution >= 4 is 5.91 Å². The molecule has 110 valence electrons. The van der Waals surface area contributed by atoms with Gasteiger partial charge in [-0.15, -0.1) is 6.58 Å². The topological polar surface area (TPSA) is 58.6 Å². The van der Waals surface area contributed by atoms with Gasteiger partial charge in [-0.05, 0) is 24.8 Å². The Morgan fingerprint density at radius 3 is 2.75 bits per heavy atom. The van der Waals surface area contributed by atoms with Crippen LogP contribution < -0.4 is 5.48 Å². The van der Waals surface area contributed by atoms with Crippen LogP contribution in [-0.2, 0) is 16.2 Å². The average Bonchev–Trinajstić information content (AvgIpc) is 2.48. The van der Waals surface area contributed by atoms with Crippen molar-refractivity contribution in [2.45, 2.75) is 32.3 Å². The van der Waals surface area contributed by atoms with Crippen LogP contribution in [0.2, 0.25) is 0 Å². The van der Waals surface area contributed by atoms with Crippen molar-refractivity contribution in [3.63, 3.8) is 0 Å². The molecule has 20 heavy (non-hydrogen) atoms. The van der Waals surface area contributed by atoms with Crippen LogP contribution in [0.4, 0.5) is 0 Å². The fourth-order valence-electron chi connectivity index (χ4n) is 1.83. The lowest BCUT2D eigenvalue weighted by molar-refractivity contribution is -0.140. The molecule has 1 rings (SSSR count). The molecule has 0 spiro atoms. The van der Waals surface area contributed by atoms with Crippen LogP contribution >= 0.6 is 0 Å². The van der Waals surface area contributed by atoms with Gasteiger partial charge in [-0.1, -0.05) is 42.8 Å². The Labute approximate surface area is 120 Å². The number of aliphatic hydroxyl groups excluding tert-OH is 1. The van der Waals surface area contributed by atoms with Gasteiger partial charge in [0.25, 0.3) is 0 Å². The van der Waals surface area contributed by atoms with E-state index in [1.807, 2.05) is 36.4 Å². The van der Waals surface area contributed by atoms with Gasteiger partial charge >= 0.3 is 0 Å². The highest BCUT2D eigenvalue weighted by molar-refractivity contribution is 5.77. The maximum atomic E-state index is 11.8. The first-order chi connectivity index (χ1) is 9.77. The minimum Gasteiger partial charge on any atom is -0.396 e. The molecule has 0 aliphatic heterocycles. The summed E-state index contributed by atoms with van der Waals surface area (Å²) in [5.74, 6) is -0.669. The zero-order valence-corrected chi connectivity index (χ0v) is 11.8. The normalized spacial score (nSPS) is 11.8. The number of nitrogens with one attached hydrogen (secondary N) is 1. The molecule has 0 unspecified atom stereocenters. The van der Waals surface area contributed by atoms with E-state index in [-0.39, 0.29) is 12.5 Å². The molecule has 0 aromatic heterocycles. The minimum atomic E-state index is -0.407. The summed E-state index contributed by atoms with van der Waals surface area (Å²) in [6.07, 6.45) is 5.33. The highest BCUT2D eigenvalue weighted by Crippen LogP contribution is 2.10. The molecule has 1 aromatic carbocycles. The van der Waals surface area contributed by atoms with Crippen molar-refractivity contribution in [1.82, 2.24) is 5.48 Å². The molecule has 0 radical (unpaired) electrons. The van der Waals surface area contributed by atoms with Crippen molar-refractivity contribution in [2.24, 2.45) is 5.92 Å². The molecule has 0 aliphatic rings. The number of allylic oxidation sites excluding steroid dienone is 1. The number of rotatable bonds is 10. The summed E-state index contributed by atoms with van der Waals surface area (Å²) in [6.45, 7) is 3.82. The lowest BCUT2D eigenvalue weighted by Gasteiger charge is -2.14. The van der Waals surface area contributed by atoms with Gasteiger partial charge in [0.15, 0.2) is 0 Å². The van der Waals surface area contributed by atoms with E-state index in [4.69, 9.17) is 4.84 Å². The summed E-state index contributed by atoms with van der Waals surface area (Å²) in [4.78, 5) is 17.0. The van der Waals surface area contributed by atoms with E-state index in [1.165, 1.54) is 0 Å². The van der Waals surface area contributed by atoms with Gasteiger partial charge in [-0.2, -0.15) is 0 Å². The van der Waals surface area contributed by atoms with Crippen LogP contribution in [0.25, 0.3) is 0 Å². The van der Waals surface area contributed by atoms with Crippen molar-refractivity contribution in [3.05, 3.63) is 48.6 Å². The molecule has 0 saturated heterocycles. The Bertz CT molecular complexity index is 392. The molecule has 1 aromatic rings. The van der Waals surface area contributed by atoms with Gasteiger partial charge in [0.05, 0.1) is 19.1 Å². The average molecular weight is 277 g/mol. The Morgan fingerprint density at radius 1 is 1.35 bits per heavy atom. The number of unbranched alkanes of at least 4 members (excludes halogenated alkanes) is 2. The van der Waals surface area contributed by atoms with E-state index in [0.29, 0.717) is 13.0 Å². The molecule has 0 fully saturated rings. The highest BCUT2D eigenvalue weighted by Gasteiger charge is 2.16. The van der Waals surface area contributed by atoms with Crippen molar-refractivity contribution < 1.29 is 14.7 Å². The Kier molecular flexibility index (Phi) is 8.35. The standard InChI is InChI=1S/C16H23NO3/c1-2-3-4-8-11-15(12-18)16(19)17-20-13-14-9-6-5-7-10-14/h2,5-7,9-10,15,18H,1,3-4,8,11-13H2,(H,17,19)/t15-/m1/s1. The summed E-state index contributed by atoms with van der Waals surface area (Å²) < 4.78 is 0. The second-order valence-electron chi connectivity index (χ2n) is 4.69. The molecule has 0 aliphatic carbocycles. The second kappa shape index (κ2) is 10.2. The first-order valence-electron chi connectivity index (χ1n) is 6.95. The van der Waals surface area contributed by atoms with Gasteiger partial charge < -0.3 is 5.11 Å². The van der Waals surface area contributed by atoms with E-state index in [1.54, 1.807) is 0 Å². The Morgan fingerprint density at radius 2 is 2.10 bits per heavy atom. The number of hydrogen-bond donors (Lipinski definition) is 2. The number of hydrogen-bond acceptors (Lipinski definition) is 3. The van der Waals surface area contributed by atoms with Crippen LogP contribution in [0, 0.1) is 5.92 Å². The summed E-state index contributed by atoms with van der Waals surface area (Å²) in [7, 11) is 0. The number of benzene rings is 1.